The predicted molar refractivity (Wildman–Crippen MR) is 103 cm³/mol. The van der Waals surface area contributed by atoms with E-state index in [1.807, 2.05) is 0 Å². The van der Waals surface area contributed by atoms with Gasteiger partial charge in [0.25, 0.3) is 0 Å². The molecule has 1 aliphatic rings. The number of ketones is 1. The van der Waals surface area contributed by atoms with Crippen LogP contribution in [-0.2, 0) is 11.2 Å². The molecule has 1 heterocycles. The van der Waals surface area contributed by atoms with E-state index in [1.165, 1.54) is 30.3 Å². The molecule has 2 aromatic rings. The van der Waals surface area contributed by atoms with Crippen LogP contribution in [0.3, 0.4) is 0 Å². The van der Waals surface area contributed by atoms with E-state index in [-0.39, 0.29) is 35.0 Å². The van der Waals surface area contributed by atoms with Gasteiger partial charge in [-0.05, 0) is 36.2 Å². The maximum absolute atomic E-state index is 12.4. The summed E-state index contributed by atoms with van der Waals surface area (Å²) >= 11 is 0. The maximum atomic E-state index is 12.4. The van der Waals surface area contributed by atoms with Gasteiger partial charge in [0.2, 0.25) is 6.29 Å². The van der Waals surface area contributed by atoms with Gasteiger partial charge in [0.1, 0.15) is 41.7 Å². The van der Waals surface area contributed by atoms with Gasteiger partial charge in [-0.2, -0.15) is 0 Å². The molecular weight excluding hydrogens is 396 g/mol. The molecule has 2 aromatic carbocycles. The number of aromatic hydroxyl groups is 2. The van der Waals surface area contributed by atoms with Crippen molar-refractivity contribution in [3.63, 3.8) is 0 Å². The summed E-state index contributed by atoms with van der Waals surface area (Å²) in [5, 5.41) is 58.3. The van der Waals surface area contributed by atoms with Gasteiger partial charge in [-0.15, -0.1) is 0 Å². The Hall–Kier alpha value is -2.69. The van der Waals surface area contributed by atoms with E-state index in [4.69, 9.17) is 9.47 Å². The van der Waals surface area contributed by atoms with Crippen LogP contribution >= 0.6 is 0 Å². The van der Waals surface area contributed by atoms with E-state index in [0.29, 0.717) is 6.42 Å². The van der Waals surface area contributed by atoms with Crippen LogP contribution in [0.5, 0.6) is 17.2 Å². The van der Waals surface area contributed by atoms with Crippen molar-refractivity contribution in [1.29, 1.82) is 0 Å². The average molecular weight is 420 g/mol. The Morgan fingerprint density at radius 2 is 1.67 bits per heavy atom. The van der Waals surface area contributed by atoms with Crippen LogP contribution in [0.4, 0.5) is 0 Å². The number of carbonyl (C=O) groups is 1. The van der Waals surface area contributed by atoms with E-state index in [9.17, 15) is 35.4 Å². The fourth-order valence-electron chi connectivity index (χ4n) is 3.17. The molecule has 0 aliphatic carbocycles. The molecule has 0 saturated carbocycles. The van der Waals surface area contributed by atoms with Crippen molar-refractivity contribution in [3.05, 3.63) is 53.6 Å². The van der Waals surface area contributed by atoms with Crippen molar-refractivity contribution in [3.8, 4) is 17.2 Å². The van der Waals surface area contributed by atoms with E-state index < -0.39 is 37.3 Å². The Labute approximate surface area is 172 Å². The highest BCUT2D eigenvalue weighted by Crippen LogP contribution is 2.29. The van der Waals surface area contributed by atoms with Gasteiger partial charge in [0.05, 0.1) is 12.2 Å². The summed E-state index contributed by atoms with van der Waals surface area (Å²) in [7, 11) is 0. The van der Waals surface area contributed by atoms with Gasteiger partial charge >= 0.3 is 0 Å². The average Bonchev–Trinajstić information content (AvgIpc) is 2.73. The van der Waals surface area contributed by atoms with Gasteiger partial charge < -0.3 is 40.1 Å². The summed E-state index contributed by atoms with van der Waals surface area (Å²) in [5.74, 6) is -0.419. The zero-order valence-corrected chi connectivity index (χ0v) is 16.0. The smallest absolute Gasteiger partial charge is 0.229 e. The number of benzene rings is 2. The van der Waals surface area contributed by atoms with Crippen molar-refractivity contribution < 1.29 is 44.9 Å². The first-order valence-electron chi connectivity index (χ1n) is 9.41. The number of phenols is 2. The van der Waals surface area contributed by atoms with E-state index in [2.05, 4.69) is 0 Å². The standard InChI is InChI=1S/C21H24O9/c22-10-17-18(26)19(27)20(28)21(30-17)29-13-6-7-14(16(25)9-13)15(24)8-3-11-1-4-12(23)5-2-11/h1-2,4-7,9,17-23,25-28H,3,8,10H2/t17-,18+,19+,20-,21+/m1/s1. The molecule has 0 spiro atoms. The number of aliphatic hydroxyl groups excluding tert-OH is 4. The highest BCUT2D eigenvalue weighted by atomic mass is 16.7. The lowest BCUT2D eigenvalue weighted by atomic mass is 9.99. The normalized spacial score (nSPS) is 26.3. The van der Waals surface area contributed by atoms with Gasteiger partial charge in [-0.25, -0.2) is 0 Å². The van der Waals surface area contributed by atoms with Crippen molar-refractivity contribution in [2.75, 3.05) is 6.61 Å². The quantitative estimate of drug-likeness (QED) is 0.342. The lowest BCUT2D eigenvalue weighted by Gasteiger charge is -2.39. The van der Waals surface area contributed by atoms with Crippen LogP contribution in [0, 0.1) is 0 Å². The molecule has 9 nitrogen and oxygen atoms in total. The maximum Gasteiger partial charge on any atom is 0.229 e. The Morgan fingerprint density at radius 3 is 2.30 bits per heavy atom. The first-order valence-corrected chi connectivity index (χ1v) is 9.41. The summed E-state index contributed by atoms with van der Waals surface area (Å²) < 4.78 is 10.7. The van der Waals surface area contributed by atoms with Crippen LogP contribution in [0.1, 0.15) is 22.3 Å². The molecule has 3 rings (SSSR count). The Morgan fingerprint density at radius 1 is 0.967 bits per heavy atom. The van der Waals surface area contributed by atoms with Crippen molar-refractivity contribution in [2.45, 2.75) is 43.5 Å². The molecule has 9 heteroatoms. The Kier molecular flexibility index (Phi) is 6.91. The van der Waals surface area contributed by atoms with Gasteiger partial charge in [-0.1, -0.05) is 12.1 Å². The fourth-order valence-corrected chi connectivity index (χ4v) is 3.17. The number of aryl methyl sites for hydroxylation is 1. The molecule has 0 amide bonds. The molecule has 0 bridgehead atoms. The van der Waals surface area contributed by atoms with Crippen molar-refractivity contribution in [1.82, 2.24) is 0 Å². The molecule has 162 valence electrons. The number of aliphatic hydroxyl groups is 4. The minimum absolute atomic E-state index is 0.0620. The Bertz CT molecular complexity index is 865. The first kappa shape index (κ1) is 22.0. The number of hydrogen-bond donors (Lipinski definition) is 6. The summed E-state index contributed by atoms with van der Waals surface area (Å²) in [6, 6.07) is 10.4. The number of carbonyl (C=O) groups excluding carboxylic acids is 1. The lowest BCUT2D eigenvalue weighted by Crippen LogP contribution is -2.60. The zero-order chi connectivity index (χ0) is 21.8. The number of phenolic OH excluding ortho intramolecular Hbond substituents is 2. The van der Waals surface area contributed by atoms with E-state index in [1.54, 1.807) is 12.1 Å². The molecule has 6 N–H and O–H groups in total. The summed E-state index contributed by atoms with van der Waals surface area (Å²) in [6.07, 6.45) is -6.62. The number of Topliss-reactive ketones (excluding diaryl/α,β-unsaturated/α-hetero) is 1. The first-order chi connectivity index (χ1) is 14.3. The summed E-state index contributed by atoms with van der Waals surface area (Å²) in [5.41, 5.74) is 0.957. The van der Waals surface area contributed by atoms with Crippen LogP contribution in [-0.4, -0.2) is 73.7 Å². The highest BCUT2D eigenvalue weighted by Gasteiger charge is 2.44. The van der Waals surface area contributed by atoms with Gasteiger partial charge in [0.15, 0.2) is 5.78 Å². The fraction of sp³-hybridized carbons (Fsp3) is 0.381. The third-order valence-corrected chi connectivity index (χ3v) is 4.95. The second-order valence-electron chi connectivity index (χ2n) is 7.08. The third-order valence-electron chi connectivity index (χ3n) is 4.95. The van der Waals surface area contributed by atoms with Gasteiger partial charge in [-0.3, -0.25) is 4.79 Å². The molecular formula is C21H24O9. The molecule has 30 heavy (non-hydrogen) atoms. The predicted octanol–water partition coefficient (Wildman–Crippen LogP) is 0.0920. The number of hydrogen-bond acceptors (Lipinski definition) is 9. The van der Waals surface area contributed by atoms with Crippen LogP contribution in [0.2, 0.25) is 0 Å². The molecule has 0 aromatic heterocycles. The minimum Gasteiger partial charge on any atom is -0.508 e. The van der Waals surface area contributed by atoms with E-state index >= 15 is 0 Å². The molecule has 0 unspecified atom stereocenters. The number of rotatable bonds is 7. The third kappa shape index (κ3) is 4.89. The van der Waals surface area contributed by atoms with E-state index in [0.717, 1.165) is 5.56 Å². The summed E-state index contributed by atoms with van der Waals surface area (Å²) in [6.45, 7) is -0.593. The molecule has 1 aliphatic heterocycles. The molecule has 1 fully saturated rings. The molecule has 0 radical (unpaired) electrons. The minimum atomic E-state index is -1.59. The van der Waals surface area contributed by atoms with Gasteiger partial charge in [0, 0.05) is 12.5 Å². The monoisotopic (exact) mass is 420 g/mol. The van der Waals surface area contributed by atoms with Crippen LogP contribution < -0.4 is 4.74 Å². The number of ether oxygens (including phenoxy) is 2. The lowest BCUT2D eigenvalue weighted by molar-refractivity contribution is -0.277. The SMILES string of the molecule is O=C(CCc1ccc(O)cc1)c1ccc(O[C@H]2O[C@H](CO)[C@H](O)[C@H](O)[C@H]2O)cc1O. The Balaban J connectivity index is 1.64. The topological polar surface area (TPSA) is 157 Å². The second-order valence-corrected chi connectivity index (χ2v) is 7.08. The van der Waals surface area contributed by atoms with Crippen molar-refractivity contribution >= 4 is 5.78 Å². The molecule has 5 atom stereocenters. The summed E-state index contributed by atoms with van der Waals surface area (Å²) in [4.78, 5) is 12.4. The zero-order valence-electron chi connectivity index (χ0n) is 16.0. The largest absolute Gasteiger partial charge is 0.508 e. The molecule has 1 saturated heterocycles. The van der Waals surface area contributed by atoms with Crippen LogP contribution in [0.15, 0.2) is 42.5 Å². The highest BCUT2D eigenvalue weighted by molar-refractivity contribution is 5.98. The second kappa shape index (κ2) is 9.41. The van der Waals surface area contributed by atoms with Crippen molar-refractivity contribution in [2.24, 2.45) is 0 Å². The van der Waals surface area contributed by atoms with Crippen LogP contribution in [0.25, 0.3) is 0 Å².